The third-order valence-corrected chi connectivity index (χ3v) is 2.41. The number of anilines is 1. The van der Waals surface area contributed by atoms with E-state index in [1.54, 1.807) is 19.1 Å². The molecule has 2 rings (SSSR count). The smallest absolute Gasteiger partial charge is 0.340 e. The molecule has 0 aliphatic carbocycles. The van der Waals surface area contributed by atoms with Gasteiger partial charge >= 0.3 is 5.97 Å². The average molecular weight is 252 g/mol. The largest absolute Gasteiger partial charge is 0.462 e. The third-order valence-electron chi connectivity index (χ3n) is 2.41. The van der Waals surface area contributed by atoms with E-state index < -0.39 is 0 Å². The Morgan fingerprint density at radius 3 is 2.41 bits per heavy atom. The van der Waals surface area contributed by atoms with Gasteiger partial charge in [-0.25, -0.2) is 4.79 Å². The van der Waals surface area contributed by atoms with Gasteiger partial charge in [-0.15, -0.1) is 12.4 Å². The number of hydrogen-bond donors (Lipinski definition) is 1. The molecule has 3 nitrogen and oxygen atoms in total. The van der Waals surface area contributed by atoms with Crippen molar-refractivity contribution in [3.05, 3.63) is 42.0 Å². The number of nitrogens with two attached hydrogens (primary N) is 1. The van der Waals surface area contributed by atoms with E-state index in [4.69, 9.17) is 10.5 Å². The second kappa shape index (κ2) is 5.55. The van der Waals surface area contributed by atoms with Crippen LogP contribution < -0.4 is 5.73 Å². The summed E-state index contributed by atoms with van der Waals surface area (Å²) >= 11 is 0. The molecule has 17 heavy (non-hydrogen) atoms. The van der Waals surface area contributed by atoms with Gasteiger partial charge in [0, 0.05) is 5.69 Å². The van der Waals surface area contributed by atoms with Crippen molar-refractivity contribution < 1.29 is 9.53 Å². The SMILES string of the molecule is CCOC(=O)c1cc2ccccc2cc1N.Cl. The summed E-state index contributed by atoms with van der Waals surface area (Å²) in [6, 6.07) is 11.3. The lowest BCUT2D eigenvalue weighted by molar-refractivity contribution is 0.0528. The second-order valence-corrected chi connectivity index (χ2v) is 3.51. The summed E-state index contributed by atoms with van der Waals surface area (Å²) < 4.78 is 4.94. The lowest BCUT2D eigenvalue weighted by Gasteiger charge is -2.07. The minimum absolute atomic E-state index is 0. The number of fused-ring (bicyclic) bond motifs is 1. The normalized spacial score (nSPS) is 9.71. The first-order chi connectivity index (χ1) is 7.72. The van der Waals surface area contributed by atoms with Crippen LogP contribution in [0.1, 0.15) is 17.3 Å². The Morgan fingerprint density at radius 1 is 1.24 bits per heavy atom. The first kappa shape index (κ1) is 13.3. The molecule has 0 aliphatic rings. The van der Waals surface area contributed by atoms with Crippen LogP contribution in [-0.4, -0.2) is 12.6 Å². The van der Waals surface area contributed by atoms with Gasteiger partial charge in [0.1, 0.15) is 0 Å². The standard InChI is InChI=1S/C13H13NO2.ClH/c1-2-16-13(15)11-7-9-5-3-4-6-10(9)8-12(11)14;/h3-8H,2,14H2,1H3;1H. The summed E-state index contributed by atoms with van der Waals surface area (Å²) in [7, 11) is 0. The molecule has 2 N–H and O–H groups in total. The van der Waals surface area contributed by atoms with E-state index in [0.29, 0.717) is 17.9 Å². The van der Waals surface area contributed by atoms with Crippen molar-refractivity contribution in [1.82, 2.24) is 0 Å². The molecule has 0 saturated heterocycles. The molecule has 0 aliphatic heterocycles. The number of benzene rings is 2. The van der Waals surface area contributed by atoms with Gasteiger partial charge < -0.3 is 10.5 Å². The summed E-state index contributed by atoms with van der Waals surface area (Å²) in [6.07, 6.45) is 0. The van der Waals surface area contributed by atoms with Crippen LogP contribution in [0.3, 0.4) is 0 Å². The molecule has 0 radical (unpaired) electrons. The number of hydrogen-bond acceptors (Lipinski definition) is 3. The minimum atomic E-state index is -0.370. The molecule has 2 aromatic rings. The van der Waals surface area contributed by atoms with Crippen LogP contribution >= 0.6 is 12.4 Å². The lowest BCUT2D eigenvalue weighted by atomic mass is 10.1. The number of ether oxygens (including phenoxy) is 1. The maximum atomic E-state index is 11.6. The highest BCUT2D eigenvalue weighted by atomic mass is 35.5. The monoisotopic (exact) mass is 251 g/mol. The maximum absolute atomic E-state index is 11.6. The Morgan fingerprint density at radius 2 is 1.82 bits per heavy atom. The topological polar surface area (TPSA) is 52.3 Å². The van der Waals surface area contributed by atoms with E-state index in [2.05, 4.69) is 0 Å². The van der Waals surface area contributed by atoms with E-state index >= 15 is 0 Å². The number of nitrogen functional groups attached to an aromatic ring is 1. The predicted molar refractivity (Wildman–Crippen MR) is 71.6 cm³/mol. The molecule has 0 unspecified atom stereocenters. The van der Waals surface area contributed by atoms with Gasteiger partial charge in [-0.1, -0.05) is 24.3 Å². The fourth-order valence-electron chi connectivity index (χ4n) is 1.64. The van der Waals surface area contributed by atoms with E-state index in [1.165, 1.54) is 0 Å². The fraction of sp³-hybridized carbons (Fsp3) is 0.154. The molecule has 0 fully saturated rings. The zero-order valence-electron chi connectivity index (χ0n) is 9.47. The lowest BCUT2D eigenvalue weighted by Crippen LogP contribution is -2.07. The van der Waals surface area contributed by atoms with E-state index in [9.17, 15) is 4.79 Å². The van der Waals surface area contributed by atoms with Crippen LogP contribution in [0.25, 0.3) is 10.8 Å². The predicted octanol–water partition coefficient (Wildman–Crippen LogP) is 3.02. The molecule has 0 spiro atoms. The van der Waals surface area contributed by atoms with Gasteiger partial charge in [-0.2, -0.15) is 0 Å². The quantitative estimate of drug-likeness (QED) is 0.659. The highest BCUT2D eigenvalue weighted by Crippen LogP contribution is 2.22. The van der Waals surface area contributed by atoms with E-state index in [1.807, 2.05) is 24.3 Å². The minimum Gasteiger partial charge on any atom is -0.462 e. The van der Waals surface area contributed by atoms with Crippen molar-refractivity contribution >= 4 is 34.8 Å². The Bertz CT molecular complexity index is 540. The van der Waals surface area contributed by atoms with Gasteiger partial charge in [0.15, 0.2) is 0 Å². The van der Waals surface area contributed by atoms with Crippen molar-refractivity contribution in [3.8, 4) is 0 Å². The summed E-state index contributed by atoms with van der Waals surface area (Å²) in [5.41, 5.74) is 6.70. The third kappa shape index (κ3) is 2.68. The molecule has 0 amide bonds. The first-order valence-electron chi connectivity index (χ1n) is 5.17. The van der Waals surface area contributed by atoms with Gasteiger partial charge in [0.25, 0.3) is 0 Å². The number of rotatable bonds is 2. The van der Waals surface area contributed by atoms with Gasteiger partial charge in [-0.05, 0) is 29.8 Å². The zero-order chi connectivity index (χ0) is 11.5. The Balaban J connectivity index is 0.00000144. The van der Waals surface area contributed by atoms with Crippen molar-refractivity contribution in [2.24, 2.45) is 0 Å². The van der Waals surface area contributed by atoms with Crippen LogP contribution in [0.4, 0.5) is 5.69 Å². The summed E-state index contributed by atoms with van der Waals surface area (Å²) in [5.74, 6) is -0.370. The maximum Gasteiger partial charge on any atom is 0.340 e. The number of halogens is 1. The Labute approximate surface area is 106 Å². The molecular weight excluding hydrogens is 238 g/mol. The molecule has 0 saturated carbocycles. The number of carbonyl (C=O) groups is 1. The van der Waals surface area contributed by atoms with Crippen LogP contribution in [0.15, 0.2) is 36.4 Å². The van der Waals surface area contributed by atoms with Crippen LogP contribution in [0, 0.1) is 0 Å². The van der Waals surface area contributed by atoms with Gasteiger partial charge in [0.05, 0.1) is 12.2 Å². The molecule has 0 bridgehead atoms. The van der Waals surface area contributed by atoms with Crippen LogP contribution in [0.5, 0.6) is 0 Å². The van der Waals surface area contributed by atoms with Gasteiger partial charge in [0.2, 0.25) is 0 Å². The number of carbonyl (C=O) groups excluding carboxylic acids is 1. The fourth-order valence-corrected chi connectivity index (χ4v) is 1.64. The van der Waals surface area contributed by atoms with Crippen LogP contribution in [-0.2, 0) is 4.74 Å². The summed E-state index contributed by atoms with van der Waals surface area (Å²) in [5, 5.41) is 2.01. The van der Waals surface area contributed by atoms with Crippen molar-refractivity contribution in [1.29, 1.82) is 0 Å². The Kier molecular flexibility index (Phi) is 4.35. The highest BCUT2D eigenvalue weighted by Gasteiger charge is 2.11. The van der Waals surface area contributed by atoms with Crippen molar-refractivity contribution in [2.45, 2.75) is 6.92 Å². The van der Waals surface area contributed by atoms with Gasteiger partial charge in [-0.3, -0.25) is 0 Å². The number of esters is 1. The summed E-state index contributed by atoms with van der Waals surface area (Å²) in [4.78, 5) is 11.6. The van der Waals surface area contributed by atoms with E-state index in [0.717, 1.165) is 10.8 Å². The van der Waals surface area contributed by atoms with Crippen molar-refractivity contribution in [3.63, 3.8) is 0 Å². The molecule has 0 aromatic heterocycles. The molecule has 0 atom stereocenters. The molecule has 90 valence electrons. The second-order valence-electron chi connectivity index (χ2n) is 3.51. The Hall–Kier alpha value is -1.74. The zero-order valence-corrected chi connectivity index (χ0v) is 10.3. The first-order valence-corrected chi connectivity index (χ1v) is 5.17. The van der Waals surface area contributed by atoms with E-state index in [-0.39, 0.29) is 18.4 Å². The average Bonchev–Trinajstić information content (AvgIpc) is 2.28. The summed E-state index contributed by atoms with van der Waals surface area (Å²) in [6.45, 7) is 2.13. The highest BCUT2D eigenvalue weighted by molar-refractivity contribution is 6.01. The van der Waals surface area contributed by atoms with Crippen LogP contribution in [0.2, 0.25) is 0 Å². The van der Waals surface area contributed by atoms with Crippen molar-refractivity contribution in [2.75, 3.05) is 12.3 Å². The molecule has 4 heteroatoms. The molecule has 0 heterocycles. The molecule has 2 aromatic carbocycles. The molecular formula is C13H14ClNO2.